The Bertz CT molecular complexity index is 807. The second-order valence-corrected chi connectivity index (χ2v) is 6.41. The average Bonchev–Trinajstić information content (AvgIpc) is 3.24. The van der Waals surface area contributed by atoms with Gasteiger partial charge in [-0.1, -0.05) is 24.3 Å². The SMILES string of the molecule is O[C@@H]1CN(Cc2nnc(-c3ccccc3)o2)C[C@H]1Cc1ccccn1. The van der Waals surface area contributed by atoms with Crippen LogP contribution in [-0.4, -0.2) is 44.4 Å². The molecule has 1 N–H and O–H groups in total. The summed E-state index contributed by atoms with van der Waals surface area (Å²) >= 11 is 0. The van der Waals surface area contributed by atoms with Crippen LogP contribution in [0.1, 0.15) is 11.6 Å². The Morgan fingerprint density at radius 3 is 2.68 bits per heavy atom. The fraction of sp³-hybridized carbons (Fsp3) is 0.316. The lowest BCUT2D eigenvalue weighted by atomic mass is 10.00. The molecule has 0 aliphatic carbocycles. The number of rotatable bonds is 5. The standard InChI is InChI=1S/C19H20N4O2/c24-17-12-23(11-15(17)10-16-8-4-5-9-20-16)13-18-21-22-19(25-18)14-6-2-1-3-7-14/h1-9,15,17,24H,10-13H2/t15-,17-/m1/s1. The first-order valence-corrected chi connectivity index (χ1v) is 8.46. The molecule has 0 bridgehead atoms. The number of hydrogen-bond acceptors (Lipinski definition) is 6. The summed E-state index contributed by atoms with van der Waals surface area (Å²) in [6.45, 7) is 1.96. The molecule has 0 radical (unpaired) electrons. The molecule has 1 aliphatic heterocycles. The van der Waals surface area contributed by atoms with Crippen LogP contribution in [0, 0.1) is 5.92 Å². The van der Waals surface area contributed by atoms with E-state index in [-0.39, 0.29) is 12.0 Å². The van der Waals surface area contributed by atoms with Gasteiger partial charge in [-0.2, -0.15) is 0 Å². The number of β-amino-alcohol motifs (C(OH)–C–C–N with tert-alkyl or cyclic N) is 1. The molecule has 6 heteroatoms. The maximum Gasteiger partial charge on any atom is 0.247 e. The highest BCUT2D eigenvalue weighted by Gasteiger charge is 2.32. The van der Waals surface area contributed by atoms with E-state index in [1.54, 1.807) is 6.20 Å². The fourth-order valence-corrected chi connectivity index (χ4v) is 3.26. The molecule has 4 rings (SSSR count). The molecule has 128 valence electrons. The highest BCUT2D eigenvalue weighted by molar-refractivity contribution is 5.51. The second-order valence-electron chi connectivity index (χ2n) is 6.41. The monoisotopic (exact) mass is 336 g/mol. The topological polar surface area (TPSA) is 75.3 Å². The Kier molecular flexibility index (Phi) is 4.54. The van der Waals surface area contributed by atoms with Gasteiger partial charge in [0.2, 0.25) is 11.8 Å². The molecule has 1 aromatic carbocycles. The van der Waals surface area contributed by atoms with Gasteiger partial charge in [0.1, 0.15) is 0 Å². The fourth-order valence-electron chi connectivity index (χ4n) is 3.26. The van der Waals surface area contributed by atoms with Crippen molar-refractivity contribution >= 4 is 0 Å². The third kappa shape index (κ3) is 3.75. The van der Waals surface area contributed by atoms with E-state index in [0.717, 1.165) is 24.2 Å². The Labute approximate surface area is 146 Å². The third-order valence-electron chi connectivity index (χ3n) is 4.53. The first-order chi connectivity index (χ1) is 12.3. The molecule has 0 unspecified atom stereocenters. The van der Waals surface area contributed by atoms with Crippen molar-refractivity contribution in [2.45, 2.75) is 19.1 Å². The maximum absolute atomic E-state index is 10.3. The maximum atomic E-state index is 10.3. The molecule has 0 saturated carbocycles. The zero-order valence-electron chi connectivity index (χ0n) is 13.8. The normalized spacial score (nSPS) is 20.8. The molecule has 0 spiro atoms. The van der Waals surface area contributed by atoms with Gasteiger partial charge in [0.25, 0.3) is 0 Å². The molecule has 0 amide bonds. The van der Waals surface area contributed by atoms with Crippen LogP contribution in [0.2, 0.25) is 0 Å². The second kappa shape index (κ2) is 7.13. The number of aliphatic hydroxyl groups is 1. The predicted molar refractivity (Wildman–Crippen MR) is 92.4 cm³/mol. The molecule has 1 saturated heterocycles. The highest BCUT2D eigenvalue weighted by Crippen LogP contribution is 2.23. The van der Waals surface area contributed by atoms with E-state index in [2.05, 4.69) is 20.1 Å². The number of benzene rings is 1. The molecular formula is C19H20N4O2. The van der Waals surface area contributed by atoms with Crippen molar-refractivity contribution in [2.24, 2.45) is 5.92 Å². The predicted octanol–water partition coefficient (Wildman–Crippen LogP) is 2.17. The Morgan fingerprint density at radius 2 is 1.88 bits per heavy atom. The number of hydrogen-bond donors (Lipinski definition) is 1. The minimum absolute atomic E-state index is 0.173. The first kappa shape index (κ1) is 15.9. The third-order valence-corrected chi connectivity index (χ3v) is 4.53. The quantitative estimate of drug-likeness (QED) is 0.769. The van der Waals surface area contributed by atoms with Crippen LogP contribution >= 0.6 is 0 Å². The highest BCUT2D eigenvalue weighted by atomic mass is 16.4. The van der Waals surface area contributed by atoms with Crippen molar-refractivity contribution in [1.82, 2.24) is 20.1 Å². The lowest BCUT2D eigenvalue weighted by molar-refractivity contribution is 0.139. The number of nitrogens with zero attached hydrogens (tertiary/aromatic N) is 4. The molecule has 25 heavy (non-hydrogen) atoms. The number of aromatic nitrogens is 3. The van der Waals surface area contributed by atoms with Gasteiger partial charge in [-0.15, -0.1) is 10.2 Å². The largest absolute Gasteiger partial charge is 0.419 e. The average molecular weight is 336 g/mol. The number of pyridine rings is 1. The van der Waals surface area contributed by atoms with E-state index in [1.807, 2.05) is 48.5 Å². The lowest BCUT2D eigenvalue weighted by Gasteiger charge is -2.13. The Balaban J connectivity index is 1.38. The van der Waals surface area contributed by atoms with E-state index in [4.69, 9.17) is 4.42 Å². The zero-order chi connectivity index (χ0) is 17.1. The Morgan fingerprint density at radius 1 is 1.04 bits per heavy atom. The molecule has 2 atom stereocenters. The first-order valence-electron chi connectivity index (χ1n) is 8.46. The summed E-state index contributed by atoms with van der Waals surface area (Å²) < 4.78 is 5.76. The van der Waals surface area contributed by atoms with Crippen LogP contribution in [0.3, 0.4) is 0 Å². The van der Waals surface area contributed by atoms with Crippen molar-refractivity contribution in [3.8, 4) is 11.5 Å². The number of likely N-dealkylation sites (tertiary alicyclic amines) is 1. The van der Waals surface area contributed by atoms with Crippen LogP contribution in [0.15, 0.2) is 59.1 Å². The minimum Gasteiger partial charge on any atom is -0.419 e. The summed E-state index contributed by atoms with van der Waals surface area (Å²) in [5, 5.41) is 18.6. The van der Waals surface area contributed by atoms with Crippen LogP contribution in [0.4, 0.5) is 0 Å². The molecule has 3 aromatic rings. The van der Waals surface area contributed by atoms with Crippen molar-refractivity contribution in [1.29, 1.82) is 0 Å². The van der Waals surface area contributed by atoms with Crippen molar-refractivity contribution < 1.29 is 9.52 Å². The van der Waals surface area contributed by atoms with E-state index in [0.29, 0.717) is 24.9 Å². The summed E-state index contributed by atoms with van der Waals surface area (Å²) in [4.78, 5) is 6.51. The van der Waals surface area contributed by atoms with Crippen LogP contribution in [0.25, 0.3) is 11.5 Å². The van der Waals surface area contributed by atoms with Gasteiger partial charge >= 0.3 is 0 Å². The molecule has 2 aromatic heterocycles. The van der Waals surface area contributed by atoms with Crippen LogP contribution in [0.5, 0.6) is 0 Å². The van der Waals surface area contributed by atoms with Gasteiger partial charge in [0.15, 0.2) is 0 Å². The minimum atomic E-state index is -0.362. The van der Waals surface area contributed by atoms with E-state index in [9.17, 15) is 5.11 Å². The van der Waals surface area contributed by atoms with Gasteiger partial charge < -0.3 is 9.52 Å². The van der Waals surface area contributed by atoms with Gasteiger partial charge in [0, 0.05) is 36.5 Å². The zero-order valence-corrected chi connectivity index (χ0v) is 13.8. The molecular weight excluding hydrogens is 316 g/mol. The Hall–Kier alpha value is -2.57. The summed E-state index contributed by atoms with van der Waals surface area (Å²) in [6.07, 6.45) is 2.20. The molecule has 3 heterocycles. The smallest absolute Gasteiger partial charge is 0.247 e. The van der Waals surface area contributed by atoms with Gasteiger partial charge in [-0.05, 0) is 30.7 Å². The van der Waals surface area contributed by atoms with Gasteiger partial charge in [0.05, 0.1) is 12.6 Å². The molecule has 1 fully saturated rings. The molecule has 1 aliphatic rings. The lowest BCUT2D eigenvalue weighted by Crippen LogP contribution is -2.21. The van der Waals surface area contributed by atoms with E-state index < -0.39 is 0 Å². The summed E-state index contributed by atoms with van der Waals surface area (Å²) in [5.74, 6) is 1.27. The van der Waals surface area contributed by atoms with E-state index in [1.165, 1.54) is 0 Å². The number of aliphatic hydroxyl groups excluding tert-OH is 1. The summed E-state index contributed by atoms with van der Waals surface area (Å²) in [7, 11) is 0. The summed E-state index contributed by atoms with van der Waals surface area (Å²) in [6, 6.07) is 15.6. The molecule has 6 nitrogen and oxygen atoms in total. The van der Waals surface area contributed by atoms with Gasteiger partial charge in [-0.3, -0.25) is 9.88 Å². The van der Waals surface area contributed by atoms with Crippen LogP contribution in [-0.2, 0) is 13.0 Å². The van der Waals surface area contributed by atoms with Gasteiger partial charge in [-0.25, -0.2) is 0 Å². The van der Waals surface area contributed by atoms with Crippen molar-refractivity contribution in [3.63, 3.8) is 0 Å². The summed E-state index contributed by atoms with van der Waals surface area (Å²) in [5.41, 5.74) is 1.92. The van der Waals surface area contributed by atoms with Crippen molar-refractivity contribution in [2.75, 3.05) is 13.1 Å². The van der Waals surface area contributed by atoms with E-state index >= 15 is 0 Å². The van der Waals surface area contributed by atoms with Crippen LogP contribution < -0.4 is 0 Å². The van der Waals surface area contributed by atoms with Crippen molar-refractivity contribution in [3.05, 3.63) is 66.3 Å².